The highest BCUT2D eigenvalue weighted by atomic mass is 16.6. The van der Waals surface area contributed by atoms with Gasteiger partial charge in [0.15, 0.2) is 0 Å². The first-order chi connectivity index (χ1) is 8.66. The molecule has 18 heavy (non-hydrogen) atoms. The summed E-state index contributed by atoms with van der Waals surface area (Å²) < 4.78 is 0. The van der Waals surface area contributed by atoms with Gasteiger partial charge in [-0.25, -0.2) is 0 Å². The highest BCUT2D eigenvalue weighted by Gasteiger charge is 2.02. The molecule has 0 aliphatic heterocycles. The first-order valence-electron chi connectivity index (χ1n) is 5.51. The Labute approximate surface area is 105 Å². The molecule has 0 atom stereocenters. The summed E-state index contributed by atoms with van der Waals surface area (Å²) in [5.74, 6) is 0. The zero-order valence-electron chi connectivity index (χ0n) is 9.91. The molecule has 4 heteroatoms. The minimum absolute atomic E-state index is 0.0861. The Balaban J connectivity index is 2.19. The van der Waals surface area contributed by atoms with Gasteiger partial charge in [-0.3, -0.25) is 15.1 Å². The summed E-state index contributed by atoms with van der Waals surface area (Å²) in [5.41, 5.74) is 2.92. The lowest BCUT2D eigenvalue weighted by atomic mass is 10.2. The van der Waals surface area contributed by atoms with Crippen LogP contribution in [0.15, 0.2) is 53.5 Å². The van der Waals surface area contributed by atoms with Crippen LogP contribution in [0.4, 0.5) is 11.4 Å². The van der Waals surface area contributed by atoms with Crippen molar-refractivity contribution >= 4 is 17.6 Å². The van der Waals surface area contributed by atoms with Crippen molar-refractivity contribution < 1.29 is 4.92 Å². The minimum Gasteiger partial charge on any atom is -0.258 e. The number of nitrogens with zero attached hydrogens (tertiary/aromatic N) is 2. The summed E-state index contributed by atoms with van der Waals surface area (Å²) in [6, 6.07) is 14.1. The van der Waals surface area contributed by atoms with E-state index in [0.29, 0.717) is 0 Å². The third-order valence-electron chi connectivity index (χ3n) is 2.57. The van der Waals surface area contributed by atoms with Crippen molar-refractivity contribution in [3.63, 3.8) is 0 Å². The number of hydrogen-bond donors (Lipinski definition) is 0. The summed E-state index contributed by atoms with van der Waals surface area (Å²) in [5, 5.41) is 10.5. The number of aryl methyl sites for hydroxylation is 1. The van der Waals surface area contributed by atoms with Crippen LogP contribution in [-0.4, -0.2) is 11.1 Å². The van der Waals surface area contributed by atoms with Crippen molar-refractivity contribution in [3.05, 3.63) is 69.8 Å². The normalized spacial score (nSPS) is 10.7. The molecule has 2 aromatic rings. The molecule has 4 nitrogen and oxygen atoms in total. The van der Waals surface area contributed by atoms with Crippen molar-refractivity contribution in [1.82, 2.24) is 0 Å². The molecule has 2 aromatic carbocycles. The SMILES string of the molecule is Cc1ccccc1N=Cc1ccc([N+](=O)[O-])cc1. The number of nitro groups is 1. The molecule has 0 fully saturated rings. The zero-order valence-corrected chi connectivity index (χ0v) is 9.91. The number of rotatable bonds is 3. The predicted molar refractivity (Wildman–Crippen MR) is 71.5 cm³/mol. The highest BCUT2D eigenvalue weighted by molar-refractivity contribution is 5.82. The van der Waals surface area contributed by atoms with E-state index in [4.69, 9.17) is 0 Å². The quantitative estimate of drug-likeness (QED) is 0.467. The molecule has 2 rings (SSSR count). The van der Waals surface area contributed by atoms with Crippen LogP contribution >= 0.6 is 0 Å². The molecule has 0 aliphatic carbocycles. The smallest absolute Gasteiger partial charge is 0.258 e. The molecule has 0 saturated carbocycles. The molecule has 0 aliphatic rings. The van der Waals surface area contributed by atoms with Gasteiger partial charge in [-0.1, -0.05) is 18.2 Å². The fraction of sp³-hybridized carbons (Fsp3) is 0.0714. The largest absolute Gasteiger partial charge is 0.269 e. The van der Waals surface area contributed by atoms with Crippen molar-refractivity contribution in [1.29, 1.82) is 0 Å². The van der Waals surface area contributed by atoms with Crippen molar-refractivity contribution in [2.24, 2.45) is 4.99 Å². The fourth-order valence-corrected chi connectivity index (χ4v) is 1.53. The number of aliphatic imine (C=N–C) groups is 1. The van der Waals surface area contributed by atoms with Gasteiger partial charge in [-0.05, 0) is 36.2 Å². The first kappa shape index (κ1) is 12.0. The average molecular weight is 240 g/mol. The van der Waals surface area contributed by atoms with Crippen LogP contribution < -0.4 is 0 Å². The van der Waals surface area contributed by atoms with Gasteiger partial charge in [0.25, 0.3) is 5.69 Å². The Bertz CT molecular complexity index is 589. The van der Waals surface area contributed by atoms with Crippen molar-refractivity contribution in [3.8, 4) is 0 Å². The van der Waals surface area contributed by atoms with Crippen LogP contribution in [0.25, 0.3) is 0 Å². The molecule has 0 amide bonds. The number of hydrogen-bond acceptors (Lipinski definition) is 3. The Morgan fingerprint density at radius 3 is 2.39 bits per heavy atom. The van der Waals surface area contributed by atoms with Gasteiger partial charge < -0.3 is 0 Å². The van der Waals surface area contributed by atoms with Crippen LogP contribution in [0.1, 0.15) is 11.1 Å². The topological polar surface area (TPSA) is 55.5 Å². The summed E-state index contributed by atoms with van der Waals surface area (Å²) in [6.07, 6.45) is 1.70. The lowest BCUT2D eigenvalue weighted by Crippen LogP contribution is -1.88. The van der Waals surface area contributed by atoms with Crippen LogP contribution in [0.3, 0.4) is 0 Å². The van der Waals surface area contributed by atoms with Crippen LogP contribution in [0.5, 0.6) is 0 Å². The van der Waals surface area contributed by atoms with Gasteiger partial charge in [-0.2, -0.15) is 0 Å². The molecule has 90 valence electrons. The zero-order chi connectivity index (χ0) is 13.0. The summed E-state index contributed by atoms with van der Waals surface area (Å²) in [6.45, 7) is 1.99. The second-order valence-electron chi connectivity index (χ2n) is 3.89. The number of para-hydroxylation sites is 1. The number of nitro benzene ring substituents is 1. The van der Waals surface area contributed by atoms with Crippen LogP contribution in [-0.2, 0) is 0 Å². The number of non-ortho nitro benzene ring substituents is 1. The third-order valence-corrected chi connectivity index (χ3v) is 2.57. The lowest BCUT2D eigenvalue weighted by Gasteiger charge is -1.98. The van der Waals surface area contributed by atoms with E-state index in [0.717, 1.165) is 16.8 Å². The van der Waals surface area contributed by atoms with Gasteiger partial charge in [0.05, 0.1) is 10.6 Å². The van der Waals surface area contributed by atoms with Gasteiger partial charge in [0.2, 0.25) is 0 Å². The van der Waals surface area contributed by atoms with E-state index >= 15 is 0 Å². The Morgan fingerprint density at radius 1 is 1.11 bits per heavy atom. The average Bonchev–Trinajstić information content (AvgIpc) is 2.38. The maximum Gasteiger partial charge on any atom is 0.269 e. The Morgan fingerprint density at radius 2 is 1.78 bits per heavy atom. The summed E-state index contributed by atoms with van der Waals surface area (Å²) in [7, 11) is 0. The number of benzene rings is 2. The standard InChI is InChI=1S/C14H12N2O2/c1-11-4-2-3-5-14(11)15-10-12-6-8-13(9-7-12)16(17)18/h2-10H,1H3. The molecule has 0 N–H and O–H groups in total. The summed E-state index contributed by atoms with van der Waals surface area (Å²) in [4.78, 5) is 14.4. The lowest BCUT2D eigenvalue weighted by molar-refractivity contribution is -0.384. The highest BCUT2D eigenvalue weighted by Crippen LogP contribution is 2.17. The first-order valence-corrected chi connectivity index (χ1v) is 5.51. The maximum absolute atomic E-state index is 10.5. The molecular formula is C14H12N2O2. The van der Waals surface area contributed by atoms with Gasteiger partial charge in [0, 0.05) is 18.3 Å². The van der Waals surface area contributed by atoms with Crippen molar-refractivity contribution in [2.45, 2.75) is 6.92 Å². The Hall–Kier alpha value is -2.49. The van der Waals surface area contributed by atoms with Gasteiger partial charge >= 0.3 is 0 Å². The second kappa shape index (κ2) is 5.23. The Kier molecular flexibility index (Phi) is 3.48. The third kappa shape index (κ3) is 2.79. The van der Waals surface area contributed by atoms with E-state index in [2.05, 4.69) is 4.99 Å². The molecule has 0 saturated heterocycles. The van der Waals surface area contributed by atoms with E-state index in [1.165, 1.54) is 12.1 Å². The van der Waals surface area contributed by atoms with Gasteiger partial charge in [0.1, 0.15) is 0 Å². The maximum atomic E-state index is 10.5. The van der Waals surface area contributed by atoms with E-state index in [1.54, 1.807) is 18.3 Å². The van der Waals surface area contributed by atoms with E-state index in [1.807, 2.05) is 31.2 Å². The summed E-state index contributed by atoms with van der Waals surface area (Å²) >= 11 is 0. The second-order valence-corrected chi connectivity index (χ2v) is 3.89. The van der Waals surface area contributed by atoms with E-state index < -0.39 is 4.92 Å². The van der Waals surface area contributed by atoms with Crippen molar-refractivity contribution in [2.75, 3.05) is 0 Å². The molecule has 0 bridgehead atoms. The van der Waals surface area contributed by atoms with Gasteiger partial charge in [-0.15, -0.1) is 0 Å². The molecule has 0 heterocycles. The van der Waals surface area contributed by atoms with E-state index in [-0.39, 0.29) is 5.69 Å². The molecule has 0 spiro atoms. The molecule has 0 aromatic heterocycles. The van der Waals surface area contributed by atoms with Crippen LogP contribution in [0.2, 0.25) is 0 Å². The fourth-order valence-electron chi connectivity index (χ4n) is 1.53. The molecular weight excluding hydrogens is 228 g/mol. The molecule has 0 radical (unpaired) electrons. The predicted octanol–water partition coefficient (Wildman–Crippen LogP) is 3.65. The molecule has 0 unspecified atom stereocenters. The van der Waals surface area contributed by atoms with E-state index in [9.17, 15) is 10.1 Å². The van der Waals surface area contributed by atoms with Crippen LogP contribution in [0, 0.1) is 17.0 Å². The minimum atomic E-state index is -0.414. The monoisotopic (exact) mass is 240 g/mol.